The van der Waals surface area contributed by atoms with Crippen LogP contribution in [0.5, 0.6) is 11.5 Å². The maximum absolute atomic E-state index is 13.2. The number of aromatic nitrogens is 1. The molecule has 1 heterocycles. The predicted molar refractivity (Wildman–Crippen MR) is 128 cm³/mol. The van der Waals surface area contributed by atoms with Crippen LogP contribution in [-0.4, -0.2) is 27.6 Å². The van der Waals surface area contributed by atoms with E-state index in [1.54, 1.807) is 37.4 Å². The van der Waals surface area contributed by atoms with Gasteiger partial charge in [-0.3, -0.25) is 4.72 Å². The van der Waals surface area contributed by atoms with Gasteiger partial charge in [0.2, 0.25) is 0 Å². The molecule has 0 saturated heterocycles. The molecule has 0 aliphatic heterocycles. The van der Waals surface area contributed by atoms with Crippen LogP contribution in [0.4, 0.5) is 10.1 Å². The summed E-state index contributed by atoms with van der Waals surface area (Å²) in [4.78, 5) is 4.22. The van der Waals surface area contributed by atoms with Crippen molar-refractivity contribution in [1.29, 1.82) is 0 Å². The Morgan fingerprint density at radius 3 is 2.30 bits per heavy atom. The minimum atomic E-state index is -3.97. The molecule has 6 nitrogen and oxygen atoms in total. The standard InChI is InChI=1S/C24H21FN2O4S2/c1-15-4-10-19(21(12-15)30-2)17-7-11-20(22(13-17)31-3)27-33(28,29)23-14-32-24(26-23)16-5-8-18(25)9-6-16/h4-14,27H,1-3H3. The van der Waals surface area contributed by atoms with Gasteiger partial charge in [-0.1, -0.05) is 18.2 Å². The number of benzene rings is 3. The number of rotatable bonds is 7. The molecule has 0 saturated carbocycles. The first-order chi connectivity index (χ1) is 15.8. The van der Waals surface area contributed by atoms with Crippen LogP contribution in [-0.2, 0) is 10.0 Å². The van der Waals surface area contributed by atoms with Crippen molar-refractivity contribution in [2.75, 3.05) is 18.9 Å². The van der Waals surface area contributed by atoms with Crippen LogP contribution in [0.3, 0.4) is 0 Å². The van der Waals surface area contributed by atoms with Gasteiger partial charge in [-0.15, -0.1) is 11.3 Å². The molecule has 0 bridgehead atoms. The van der Waals surface area contributed by atoms with Crippen molar-refractivity contribution in [3.63, 3.8) is 0 Å². The summed E-state index contributed by atoms with van der Waals surface area (Å²) >= 11 is 1.16. The Balaban J connectivity index is 1.63. The fraction of sp³-hybridized carbons (Fsp3) is 0.125. The number of nitrogens with zero attached hydrogens (tertiary/aromatic N) is 1. The zero-order valence-electron chi connectivity index (χ0n) is 18.1. The first-order valence-electron chi connectivity index (χ1n) is 9.88. The Morgan fingerprint density at radius 2 is 1.61 bits per heavy atom. The van der Waals surface area contributed by atoms with Crippen LogP contribution >= 0.6 is 11.3 Å². The van der Waals surface area contributed by atoms with Crippen LogP contribution in [0, 0.1) is 12.7 Å². The van der Waals surface area contributed by atoms with Gasteiger partial charge in [0, 0.05) is 16.5 Å². The van der Waals surface area contributed by atoms with Crippen molar-refractivity contribution in [1.82, 2.24) is 4.98 Å². The SMILES string of the molecule is COc1cc(-c2ccc(C)cc2OC)ccc1NS(=O)(=O)c1csc(-c2ccc(F)cc2)n1. The van der Waals surface area contributed by atoms with Gasteiger partial charge in [0.25, 0.3) is 10.0 Å². The topological polar surface area (TPSA) is 77.5 Å². The minimum absolute atomic E-state index is 0.127. The van der Waals surface area contributed by atoms with Gasteiger partial charge in [0.15, 0.2) is 5.03 Å². The van der Waals surface area contributed by atoms with E-state index in [4.69, 9.17) is 9.47 Å². The molecule has 3 aromatic carbocycles. The summed E-state index contributed by atoms with van der Waals surface area (Å²) in [5, 5.41) is 1.79. The van der Waals surface area contributed by atoms with E-state index < -0.39 is 10.0 Å². The lowest BCUT2D eigenvalue weighted by Gasteiger charge is -2.14. The monoisotopic (exact) mass is 484 g/mol. The number of thiazole rings is 1. The lowest BCUT2D eigenvalue weighted by atomic mass is 10.0. The fourth-order valence-electron chi connectivity index (χ4n) is 3.28. The molecule has 0 fully saturated rings. The van der Waals surface area contributed by atoms with Gasteiger partial charge >= 0.3 is 0 Å². The lowest BCUT2D eigenvalue weighted by Crippen LogP contribution is -2.14. The highest BCUT2D eigenvalue weighted by molar-refractivity contribution is 7.92. The molecular weight excluding hydrogens is 463 g/mol. The molecule has 0 spiro atoms. The second kappa shape index (κ2) is 9.21. The molecular formula is C24H21FN2O4S2. The third-order valence-corrected chi connectivity index (χ3v) is 7.25. The zero-order chi connectivity index (χ0) is 23.6. The predicted octanol–water partition coefficient (Wildman–Crippen LogP) is 5.74. The smallest absolute Gasteiger partial charge is 0.280 e. The molecule has 0 amide bonds. The minimum Gasteiger partial charge on any atom is -0.496 e. The molecule has 4 rings (SSSR count). The van der Waals surface area contributed by atoms with Crippen LogP contribution in [0.15, 0.2) is 71.1 Å². The Morgan fingerprint density at radius 1 is 0.909 bits per heavy atom. The van der Waals surface area contributed by atoms with E-state index in [0.717, 1.165) is 28.0 Å². The summed E-state index contributed by atoms with van der Waals surface area (Å²) in [6, 6.07) is 16.7. The highest BCUT2D eigenvalue weighted by Crippen LogP contribution is 2.37. The Hall–Kier alpha value is -3.43. The third-order valence-electron chi connectivity index (χ3n) is 4.96. The Labute approximate surface area is 195 Å². The number of hydrogen-bond acceptors (Lipinski definition) is 6. The van der Waals surface area contributed by atoms with E-state index >= 15 is 0 Å². The maximum atomic E-state index is 13.2. The van der Waals surface area contributed by atoms with E-state index in [2.05, 4.69) is 9.71 Å². The maximum Gasteiger partial charge on any atom is 0.280 e. The molecule has 170 valence electrons. The molecule has 0 atom stereocenters. The number of aryl methyl sites for hydroxylation is 1. The van der Waals surface area contributed by atoms with Crippen molar-refractivity contribution in [3.8, 4) is 33.2 Å². The molecule has 0 unspecified atom stereocenters. The average Bonchev–Trinajstić information content (AvgIpc) is 3.31. The van der Waals surface area contributed by atoms with Crippen molar-refractivity contribution >= 4 is 27.0 Å². The van der Waals surface area contributed by atoms with E-state index in [0.29, 0.717) is 22.1 Å². The Kier molecular flexibility index (Phi) is 6.35. The lowest BCUT2D eigenvalue weighted by molar-refractivity contribution is 0.414. The number of hydrogen-bond donors (Lipinski definition) is 1. The summed E-state index contributed by atoms with van der Waals surface area (Å²) < 4.78 is 52.6. The number of ether oxygens (including phenoxy) is 2. The first-order valence-corrected chi connectivity index (χ1v) is 12.2. The van der Waals surface area contributed by atoms with Gasteiger partial charge in [-0.2, -0.15) is 8.42 Å². The van der Waals surface area contributed by atoms with Crippen molar-refractivity contribution < 1.29 is 22.3 Å². The summed E-state index contributed by atoms with van der Waals surface area (Å²) in [6.07, 6.45) is 0. The van der Waals surface area contributed by atoms with Crippen LogP contribution in [0.25, 0.3) is 21.7 Å². The highest BCUT2D eigenvalue weighted by atomic mass is 32.2. The third kappa shape index (κ3) is 4.84. The van der Waals surface area contributed by atoms with E-state index in [9.17, 15) is 12.8 Å². The van der Waals surface area contributed by atoms with Gasteiger partial charge in [0.1, 0.15) is 22.3 Å². The van der Waals surface area contributed by atoms with E-state index in [1.165, 1.54) is 24.6 Å². The average molecular weight is 485 g/mol. The van der Waals surface area contributed by atoms with E-state index in [1.807, 2.05) is 25.1 Å². The number of nitrogens with one attached hydrogen (secondary N) is 1. The van der Waals surface area contributed by atoms with Gasteiger partial charge in [-0.05, 0) is 60.5 Å². The molecule has 9 heteroatoms. The fourth-order valence-corrected chi connectivity index (χ4v) is 5.46. The molecule has 0 aliphatic carbocycles. The van der Waals surface area contributed by atoms with Crippen LogP contribution < -0.4 is 14.2 Å². The molecule has 1 N–H and O–H groups in total. The second-order valence-electron chi connectivity index (χ2n) is 7.22. The number of anilines is 1. The number of sulfonamides is 1. The molecule has 1 aromatic heterocycles. The van der Waals surface area contributed by atoms with Crippen LogP contribution in [0.1, 0.15) is 5.56 Å². The largest absolute Gasteiger partial charge is 0.496 e. The summed E-state index contributed by atoms with van der Waals surface area (Å²) in [7, 11) is -0.892. The molecule has 4 aromatic rings. The number of halogens is 1. The first kappa shape index (κ1) is 22.8. The quantitative estimate of drug-likeness (QED) is 0.362. The summed E-state index contributed by atoms with van der Waals surface area (Å²) in [6.45, 7) is 1.98. The summed E-state index contributed by atoms with van der Waals surface area (Å²) in [5.74, 6) is 0.692. The van der Waals surface area contributed by atoms with Crippen molar-refractivity contribution in [3.05, 3.63) is 77.4 Å². The molecule has 0 aliphatic rings. The highest BCUT2D eigenvalue weighted by Gasteiger charge is 2.21. The van der Waals surface area contributed by atoms with Gasteiger partial charge < -0.3 is 9.47 Å². The van der Waals surface area contributed by atoms with Crippen molar-refractivity contribution in [2.24, 2.45) is 0 Å². The normalized spacial score (nSPS) is 11.3. The molecule has 0 radical (unpaired) electrons. The zero-order valence-corrected chi connectivity index (χ0v) is 19.8. The van der Waals surface area contributed by atoms with E-state index in [-0.39, 0.29) is 16.5 Å². The second-order valence-corrected chi connectivity index (χ2v) is 9.71. The molecule has 33 heavy (non-hydrogen) atoms. The van der Waals surface area contributed by atoms with Gasteiger partial charge in [0.05, 0.1) is 19.9 Å². The Bertz CT molecular complexity index is 1400. The summed E-state index contributed by atoms with van der Waals surface area (Å²) in [5.41, 5.74) is 3.66. The van der Waals surface area contributed by atoms with Crippen molar-refractivity contribution in [2.45, 2.75) is 11.9 Å². The van der Waals surface area contributed by atoms with Gasteiger partial charge in [-0.25, -0.2) is 9.37 Å². The number of methoxy groups -OCH3 is 2. The van der Waals surface area contributed by atoms with Crippen LogP contribution in [0.2, 0.25) is 0 Å².